The highest BCUT2D eigenvalue weighted by Gasteiger charge is 2.33. The van der Waals surface area contributed by atoms with E-state index in [0.29, 0.717) is 0 Å². The van der Waals surface area contributed by atoms with Gasteiger partial charge in [0.2, 0.25) is 0 Å². The molecule has 0 aliphatic carbocycles. The fourth-order valence-electron chi connectivity index (χ4n) is 13.2. The lowest BCUT2D eigenvalue weighted by Crippen LogP contribution is -2.18. The van der Waals surface area contributed by atoms with Gasteiger partial charge in [-0.05, 0) is 113 Å². The molecule has 2 heteroatoms. The zero-order valence-corrected chi connectivity index (χ0v) is 49.1. The Morgan fingerprint density at radius 1 is 0.231 bits per heavy atom. The maximum absolute atomic E-state index is 2.67. The lowest BCUT2D eigenvalue weighted by atomic mass is 9.78. The zero-order chi connectivity index (χ0) is 55.0. The molecule has 0 spiro atoms. The monoisotopic (exact) mass is 1020 g/mol. The molecule has 0 saturated heterocycles. The molecule has 0 radical (unpaired) electrons. The summed E-state index contributed by atoms with van der Waals surface area (Å²) in [7, 11) is 0. The van der Waals surface area contributed by atoms with Gasteiger partial charge in [0.15, 0.2) is 0 Å². The molecular formula is C76H76N2. The largest absolute Gasteiger partial charge is 0.308 e. The maximum Gasteiger partial charge on any atom is 0.0634 e. The van der Waals surface area contributed by atoms with Gasteiger partial charge in [-0.3, -0.25) is 0 Å². The number of nitrogens with zero attached hydrogens (tertiary/aromatic N) is 2. The maximum atomic E-state index is 2.67. The van der Waals surface area contributed by atoms with Crippen molar-refractivity contribution >= 4 is 76.2 Å². The lowest BCUT2D eigenvalue weighted by Gasteiger charge is -2.26. The van der Waals surface area contributed by atoms with E-state index in [1.54, 1.807) is 0 Å². The standard InChI is InChI=1S/C76H76N2/c1-71(2,3)53-35-47(36-54(41-53)72(4,5)6)45-27-31-57-61(39-45)77-63-43-51(75(13,14)49-23-19-17-20-24-49)29-33-59(63)68-66-58-32-28-46(48-37-55(73(7,8)9)42-56(38-48)74(10,11)12)40-62(58)78-64-44-52(76(15,16)50-25-21-18-22-26-50)30-34-60(64)67(70(66)78)65(57)69(68)77/h17-44H,1-16H3. The molecule has 0 amide bonds. The van der Waals surface area contributed by atoms with Crippen LogP contribution in [0.1, 0.15) is 155 Å². The summed E-state index contributed by atoms with van der Waals surface area (Å²) in [5.74, 6) is 0. The summed E-state index contributed by atoms with van der Waals surface area (Å²) < 4.78 is 5.35. The third kappa shape index (κ3) is 7.48. The van der Waals surface area contributed by atoms with E-state index in [1.165, 1.54) is 143 Å². The quantitative estimate of drug-likeness (QED) is 0.157. The van der Waals surface area contributed by atoms with E-state index in [2.05, 4.69) is 289 Å². The predicted octanol–water partition coefficient (Wildman–Crippen LogP) is 21.2. The van der Waals surface area contributed by atoms with Crippen LogP contribution in [0.3, 0.4) is 0 Å². The van der Waals surface area contributed by atoms with Gasteiger partial charge < -0.3 is 8.80 Å². The molecule has 4 heterocycles. The Balaban J connectivity index is 1.20. The summed E-state index contributed by atoms with van der Waals surface area (Å²) in [6, 6.07) is 66.4. The average molecular weight is 1020 g/mol. The van der Waals surface area contributed by atoms with Gasteiger partial charge in [0.1, 0.15) is 0 Å². The summed E-state index contributed by atoms with van der Waals surface area (Å²) >= 11 is 0. The van der Waals surface area contributed by atoms with E-state index in [9.17, 15) is 0 Å². The summed E-state index contributed by atoms with van der Waals surface area (Å²) in [5, 5.41) is 10.5. The van der Waals surface area contributed by atoms with Crippen molar-refractivity contribution in [3.05, 3.63) is 214 Å². The normalized spacial score (nSPS) is 13.6. The van der Waals surface area contributed by atoms with Crippen molar-refractivity contribution in [2.24, 2.45) is 0 Å². The first-order chi connectivity index (χ1) is 36.7. The third-order valence-corrected chi connectivity index (χ3v) is 18.4. The first-order valence-corrected chi connectivity index (χ1v) is 28.6. The van der Waals surface area contributed by atoms with Gasteiger partial charge in [-0.1, -0.05) is 256 Å². The van der Waals surface area contributed by atoms with Crippen molar-refractivity contribution in [3.8, 4) is 22.3 Å². The minimum Gasteiger partial charge on any atom is -0.308 e. The first kappa shape index (κ1) is 50.1. The van der Waals surface area contributed by atoms with Crippen LogP contribution in [-0.2, 0) is 32.5 Å². The molecule has 0 atom stereocenters. The van der Waals surface area contributed by atoms with Crippen molar-refractivity contribution in [1.82, 2.24) is 8.80 Å². The topological polar surface area (TPSA) is 8.82 Å². The van der Waals surface area contributed by atoms with Gasteiger partial charge in [0.05, 0.1) is 33.1 Å². The smallest absolute Gasteiger partial charge is 0.0634 e. The Morgan fingerprint density at radius 3 is 0.808 bits per heavy atom. The molecule has 390 valence electrons. The van der Waals surface area contributed by atoms with Gasteiger partial charge in [-0.15, -0.1) is 0 Å². The van der Waals surface area contributed by atoms with Crippen LogP contribution < -0.4 is 0 Å². The van der Waals surface area contributed by atoms with E-state index in [-0.39, 0.29) is 32.5 Å². The van der Waals surface area contributed by atoms with Crippen LogP contribution in [0.2, 0.25) is 0 Å². The summed E-state index contributed by atoms with van der Waals surface area (Å²) in [5.41, 5.74) is 22.9. The fraction of sp³-hybridized carbons (Fsp3) is 0.289. The molecule has 4 aromatic heterocycles. The molecule has 0 bridgehead atoms. The van der Waals surface area contributed by atoms with Crippen LogP contribution in [0.5, 0.6) is 0 Å². The highest BCUT2D eigenvalue weighted by atomic mass is 14.9. The summed E-state index contributed by atoms with van der Waals surface area (Å²) in [6.45, 7) is 37.7. The molecule has 0 fully saturated rings. The van der Waals surface area contributed by atoms with Crippen LogP contribution >= 0.6 is 0 Å². The summed E-state index contributed by atoms with van der Waals surface area (Å²) in [6.07, 6.45) is 0. The number of hydrogen-bond acceptors (Lipinski definition) is 0. The minimum atomic E-state index is -0.227. The average Bonchev–Trinajstić information content (AvgIpc) is 2.40. The molecule has 9 aromatic carbocycles. The summed E-state index contributed by atoms with van der Waals surface area (Å²) in [4.78, 5) is 0. The Bertz CT molecular complexity index is 4180. The number of hydrogen-bond donors (Lipinski definition) is 0. The Morgan fingerprint density at radius 2 is 0.513 bits per heavy atom. The van der Waals surface area contributed by atoms with E-state index in [4.69, 9.17) is 0 Å². The highest BCUT2D eigenvalue weighted by molar-refractivity contribution is 6.45. The van der Waals surface area contributed by atoms with E-state index < -0.39 is 0 Å². The van der Waals surface area contributed by atoms with Gasteiger partial charge in [0, 0.05) is 53.9 Å². The molecule has 13 rings (SSSR count). The first-order valence-electron chi connectivity index (χ1n) is 28.6. The molecular weight excluding hydrogens is 941 g/mol. The molecule has 0 N–H and O–H groups in total. The molecule has 2 nitrogen and oxygen atoms in total. The number of fused-ring (bicyclic) bond motifs is 14. The Hall–Kier alpha value is -7.42. The molecule has 0 aliphatic rings. The fourth-order valence-corrected chi connectivity index (χ4v) is 13.2. The molecule has 0 aliphatic heterocycles. The lowest BCUT2D eigenvalue weighted by molar-refractivity contribution is 0.568. The zero-order valence-electron chi connectivity index (χ0n) is 49.1. The second kappa shape index (κ2) is 16.6. The minimum absolute atomic E-state index is 0.00321. The third-order valence-electron chi connectivity index (χ3n) is 18.4. The highest BCUT2D eigenvalue weighted by Crippen LogP contribution is 2.54. The molecule has 0 unspecified atom stereocenters. The van der Waals surface area contributed by atoms with Crippen molar-refractivity contribution < 1.29 is 0 Å². The Kier molecular flexibility index (Phi) is 10.6. The number of rotatable bonds is 6. The van der Waals surface area contributed by atoms with E-state index in [1.807, 2.05) is 0 Å². The predicted molar refractivity (Wildman–Crippen MR) is 339 cm³/mol. The molecule has 0 saturated carbocycles. The van der Waals surface area contributed by atoms with Gasteiger partial charge in [-0.2, -0.15) is 0 Å². The Labute approximate surface area is 462 Å². The molecule has 78 heavy (non-hydrogen) atoms. The van der Waals surface area contributed by atoms with Crippen LogP contribution in [0.25, 0.3) is 98.4 Å². The van der Waals surface area contributed by atoms with Gasteiger partial charge in [0.25, 0.3) is 0 Å². The van der Waals surface area contributed by atoms with Crippen LogP contribution in [0, 0.1) is 0 Å². The van der Waals surface area contributed by atoms with Crippen LogP contribution in [-0.4, -0.2) is 8.80 Å². The van der Waals surface area contributed by atoms with Gasteiger partial charge in [-0.25, -0.2) is 0 Å². The number of benzene rings is 9. The van der Waals surface area contributed by atoms with Crippen molar-refractivity contribution in [2.45, 2.75) is 143 Å². The van der Waals surface area contributed by atoms with Crippen LogP contribution in [0.15, 0.2) is 170 Å². The molecule has 13 aromatic rings. The van der Waals surface area contributed by atoms with E-state index in [0.717, 1.165) is 0 Å². The SMILES string of the molecule is CC(C)(C)c1cc(-c2ccc3c4c5c6ccc(C(C)(C)c7ccccc7)cc6n6c7cc(-c8cc(C(C)(C)C)cc(C(C)(C)C)c8)ccc7c(c7c8ccc(C(C)(C)c9ccccc9)cc8n(c3c2)c47)c56)cc(C(C)(C)C)c1. The van der Waals surface area contributed by atoms with E-state index >= 15 is 0 Å². The second-order valence-electron chi connectivity index (χ2n) is 28.4. The van der Waals surface area contributed by atoms with Crippen molar-refractivity contribution in [2.75, 3.05) is 0 Å². The van der Waals surface area contributed by atoms with Crippen LogP contribution in [0.4, 0.5) is 0 Å². The number of aromatic nitrogens is 2. The van der Waals surface area contributed by atoms with Crippen molar-refractivity contribution in [3.63, 3.8) is 0 Å². The van der Waals surface area contributed by atoms with Crippen molar-refractivity contribution in [1.29, 1.82) is 0 Å². The van der Waals surface area contributed by atoms with Gasteiger partial charge >= 0.3 is 0 Å². The second-order valence-corrected chi connectivity index (χ2v) is 28.4.